The topological polar surface area (TPSA) is 60.3 Å². The molecular formula is C21H16F4N2O3. The summed E-state index contributed by atoms with van der Waals surface area (Å²) in [5.41, 5.74) is -0.660. The number of hydrogen-bond acceptors (Lipinski definition) is 3. The summed E-state index contributed by atoms with van der Waals surface area (Å²) >= 11 is 0. The number of rotatable bonds is 6. The maximum Gasteiger partial charge on any atom is 0.417 e. The third kappa shape index (κ3) is 5.69. The number of pyridine rings is 1. The second-order valence-electron chi connectivity index (χ2n) is 6.37. The van der Waals surface area contributed by atoms with Crippen LogP contribution in [0.1, 0.15) is 11.1 Å². The van der Waals surface area contributed by atoms with Crippen molar-refractivity contribution in [1.29, 1.82) is 0 Å². The van der Waals surface area contributed by atoms with Gasteiger partial charge in [0.05, 0.1) is 5.56 Å². The van der Waals surface area contributed by atoms with Crippen LogP contribution >= 0.6 is 0 Å². The molecule has 0 saturated heterocycles. The van der Waals surface area contributed by atoms with Crippen LogP contribution in [-0.2, 0) is 24.1 Å². The van der Waals surface area contributed by atoms with Gasteiger partial charge in [0.15, 0.2) is 0 Å². The summed E-state index contributed by atoms with van der Waals surface area (Å²) in [6, 6.07) is 13.6. The zero-order chi connectivity index (χ0) is 21.7. The van der Waals surface area contributed by atoms with E-state index in [1.54, 1.807) is 30.3 Å². The maximum absolute atomic E-state index is 12.9. The Morgan fingerprint density at radius 3 is 2.47 bits per heavy atom. The number of hydrogen-bond donors (Lipinski definition) is 1. The number of alkyl halides is 3. The average molecular weight is 420 g/mol. The second-order valence-corrected chi connectivity index (χ2v) is 6.37. The number of nitrogens with zero attached hydrogens (tertiary/aromatic N) is 1. The predicted molar refractivity (Wildman–Crippen MR) is 102 cm³/mol. The lowest BCUT2D eigenvalue weighted by Crippen LogP contribution is -2.28. The molecule has 2 aromatic carbocycles. The molecule has 0 saturated carbocycles. The number of carbonyl (C=O) groups excluding carboxylic acids is 1. The molecule has 0 aliphatic carbocycles. The van der Waals surface area contributed by atoms with E-state index in [1.165, 1.54) is 18.2 Å². The summed E-state index contributed by atoms with van der Waals surface area (Å²) in [6.07, 6.45) is -4.02. The standard InChI is InChI=1S/C21H16F4N2O3/c22-16-7-4-14(5-8-16)13-30-18-3-1-2-17(10-18)26-19(28)12-27-11-15(21(23,24)25)6-9-20(27)29/h1-11H,12-13H2,(H,26,28). The number of halogens is 4. The van der Waals surface area contributed by atoms with E-state index in [2.05, 4.69) is 5.32 Å². The Morgan fingerprint density at radius 1 is 1.03 bits per heavy atom. The van der Waals surface area contributed by atoms with Gasteiger partial charge in [0.1, 0.15) is 24.7 Å². The van der Waals surface area contributed by atoms with Gasteiger partial charge in [0.25, 0.3) is 5.56 Å². The fourth-order valence-corrected chi connectivity index (χ4v) is 2.59. The number of nitrogens with one attached hydrogen (secondary N) is 1. The van der Waals surface area contributed by atoms with Crippen molar-refractivity contribution < 1.29 is 27.1 Å². The SMILES string of the molecule is O=C(Cn1cc(C(F)(F)F)ccc1=O)Nc1cccc(OCc2ccc(F)cc2)c1. The fraction of sp³-hybridized carbons (Fsp3) is 0.143. The van der Waals surface area contributed by atoms with E-state index in [-0.39, 0.29) is 12.4 Å². The zero-order valence-electron chi connectivity index (χ0n) is 15.4. The Morgan fingerprint density at radius 2 is 1.77 bits per heavy atom. The van der Waals surface area contributed by atoms with Crippen molar-refractivity contribution in [3.63, 3.8) is 0 Å². The maximum atomic E-state index is 12.9. The number of benzene rings is 2. The van der Waals surface area contributed by atoms with Crippen molar-refractivity contribution in [2.75, 3.05) is 5.32 Å². The first-order valence-corrected chi connectivity index (χ1v) is 8.75. The van der Waals surface area contributed by atoms with Crippen LogP contribution in [0.25, 0.3) is 0 Å². The van der Waals surface area contributed by atoms with Crippen molar-refractivity contribution in [3.8, 4) is 5.75 Å². The summed E-state index contributed by atoms with van der Waals surface area (Å²) < 4.78 is 57.6. The first-order chi connectivity index (χ1) is 14.2. The summed E-state index contributed by atoms with van der Waals surface area (Å²) in [5.74, 6) is -0.608. The molecule has 0 aliphatic rings. The van der Waals surface area contributed by atoms with Gasteiger partial charge >= 0.3 is 6.18 Å². The van der Waals surface area contributed by atoms with Gasteiger partial charge in [-0.15, -0.1) is 0 Å². The fourth-order valence-electron chi connectivity index (χ4n) is 2.59. The van der Waals surface area contributed by atoms with Gasteiger partial charge in [-0.1, -0.05) is 18.2 Å². The molecule has 156 valence electrons. The van der Waals surface area contributed by atoms with Gasteiger partial charge in [-0.3, -0.25) is 9.59 Å². The molecule has 9 heteroatoms. The van der Waals surface area contributed by atoms with Gasteiger partial charge in [0, 0.05) is 24.0 Å². The van der Waals surface area contributed by atoms with Crippen molar-refractivity contribution in [2.45, 2.75) is 19.3 Å². The molecule has 0 fully saturated rings. The quantitative estimate of drug-likeness (QED) is 0.608. The van der Waals surface area contributed by atoms with Crippen molar-refractivity contribution in [1.82, 2.24) is 4.57 Å². The third-order valence-electron chi connectivity index (χ3n) is 4.06. The zero-order valence-corrected chi connectivity index (χ0v) is 15.4. The highest BCUT2D eigenvalue weighted by molar-refractivity contribution is 5.90. The molecule has 0 unspecified atom stereocenters. The van der Waals surface area contributed by atoms with Crippen LogP contribution in [0.3, 0.4) is 0 Å². The molecule has 3 rings (SSSR count). The summed E-state index contributed by atoms with van der Waals surface area (Å²) in [5, 5.41) is 2.51. The van der Waals surface area contributed by atoms with Gasteiger partial charge in [-0.2, -0.15) is 13.2 Å². The molecule has 3 aromatic rings. The van der Waals surface area contributed by atoms with E-state index < -0.39 is 29.8 Å². The van der Waals surface area contributed by atoms with Crippen molar-refractivity contribution in [3.05, 3.63) is 94.2 Å². The van der Waals surface area contributed by atoms with Gasteiger partial charge in [-0.25, -0.2) is 4.39 Å². The molecule has 0 radical (unpaired) electrons. The molecular weight excluding hydrogens is 404 g/mol. The molecule has 0 bridgehead atoms. The largest absolute Gasteiger partial charge is 0.489 e. The normalized spacial score (nSPS) is 11.2. The number of carbonyl (C=O) groups is 1. The van der Waals surface area contributed by atoms with Crippen LogP contribution in [0, 0.1) is 5.82 Å². The molecule has 1 heterocycles. The van der Waals surface area contributed by atoms with Crippen LogP contribution in [0.4, 0.5) is 23.2 Å². The Bertz CT molecular complexity index is 1090. The minimum Gasteiger partial charge on any atom is -0.489 e. The van der Waals surface area contributed by atoms with Gasteiger partial charge < -0.3 is 14.6 Å². The molecule has 30 heavy (non-hydrogen) atoms. The van der Waals surface area contributed by atoms with Crippen LogP contribution < -0.4 is 15.6 Å². The van der Waals surface area contributed by atoms with E-state index in [9.17, 15) is 27.2 Å². The minimum atomic E-state index is -4.62. The van der Waals surface area contributed by atoms with E-state index in [1.807, 2.05) is 0 Å². The summed E-state index contributed by atoms with van der Waals surface area (Å²) in [7, 11) is 0. The van der Waals surface area contributed by atoms with Crippen LogP contribution in [0.2, 0.25) is 0 Å². The number of amides is 1. The smallest absolute Gasteiger partial charge is 0.417 e. The lowest BCUT2D eigenvalue weighted by Gasteiger charge is -2.12. The average Bonchev–Trinajstić information content (AvgIpc) is 2.68. The lowest BCUT2D eigenvalue weighted by molar-refractivity contribution is -0.138. The molecule has 1 aromatic heterocycles. The number of anilines is 1. The molecule has 0 aliphatic heterocycles. The third-order valence-corrected chi connectivity index (χ3v) is 4.06. The highest BCUT2D eigenvalue weighted by Crippen LogP contribution is 2.28. The van der Waals surface area contributed by atoms with Crippen LogP contribution in [-0.4, -0.2) is 10.5 Å². The Labute approximate surface area is 168 Å². The lowest BCUT2D eigenvalue weighted by atomic mass is 10.2. The minimum absolute atomic E-state index is 0.178. The van der Waals surface area contributed by atoms with Gasteiger partial charge in [0.2, 0.25) is 5.91 Å². The van der Waals surface area contributed by atoms with Crippen LogP contribution in [0.5, 0.6) is 5.75 Å². The predicted octanol–water partition coefficient (Wildman–Crippen LogP) is 4.22. The highest BCUT2D eigenvalue weighted by atomic mass is 19.4. The van der Waals surface area contributed by atoms with Crippen LogP contribution in [0.15, 0.2) is 71.7 Å². The number of aromatic nitrogens is 1. The van der Waals surface area contributed by atoms with Crippen molar-refractivity contribution >= 4 is 11.6 Å². The highest BCUT2D eigenvalue weighted by Gasteiger charge is 2.31. The van der Waals surface area contributed by atoms with Crippen molar-refractivity contribution in [2.24, 2.45) is 0 Å². The molecule has 1 amide bonds. The summed E-state index contributed by atoms with van der Waals surface area (Å²) in [4.78, 5) is 23.9. The number of ether oxygens (including phenoxy) is 1. The molecule has 5 nitrogen and oxygen atoms in total. The summed E-state index contributed by atoms with van der Waals surface area (Å²) in [6.45, 7) is -0.402. The first-order valence-electron chi connectivity index (χ1n) is 8.75. The molecule has 1 N–H and O–H groups in total. The first kappa shape index (κ1) is 21.1. The van der Waals surface area contributed by atoms with Gasteiger partial charge in [-0.05, 0) is 35.9 Å². The Balaban J connectivity index is 1.64. The van der Waals surface area contributed by atoms with E-state index in [0.29, 0.717) is 28.3 Å². The van der Waals surface area contributed by atoms with E-state index in [0.717, 1.165) is 11.6 Å². The Kier molecular flexibility index (Phi) is 6.20. The molecule has 0 spiro atoms. The molecule has 0 atom stereocenters. The monoisotopic (exact) mass is 420 g/mol. The van der Waals surface area contributed by atoms with E-state index in [4.69, 9.17) is 4.74 Å². The van der Waals surface area contributed by atoms with E-state index >= 15 is 0 Å². The second kappa shape index (κ2) is 8.81. The Hall–Kier alpha value is -3.62.